The van der Waals surface area contributed by atoms with Gasteiger partial charge in [-0.25, -0.2) is 0 Å². The van der Waals surface area contributed by atoms with Crippen molar-refractivity contribution in [1.82, 2.24) is 0 Å². The highest BCUT2D eigenvalue weighted by Crippen LogP contribution is 2.58. The number of carbonyl (C=O) groups is 1. The van der Waals surface area contributed by atoms with Crippen molar-refractivity contribution in [2.45, 2.75) is 52.9 Å². The van der Waals surface area contributed by atoms with Gasteiger partial charge in [-0.15, -0.1) is 0 Å². The SMILES string of the molecule is C=C1CC[C@@](C)(C=O)CC[C@@H]2[C@@H]1CC2(C)C. The average molecular weight is 220 g/mol. The molecule has 0 heterocycles. The maximum atomic E-state index is 11.2. The van der Waals surface area contributed by atoms with Gasteiger partial charge < -0.3 is 4.79 Å². The van der Waals surface area contributed by atoms with Crippen LogP contribution < -0.4 is 0 Å². The van der Waals surface area contributed by atoms with E-state index in [2.05, 4.69) is 27.4 Å². The van der Waals surface area contributed by atoms with Crippen LogP contribution in [0, 0.1) is 22.7 Å². The topological polar surface area (TPSA) is 17.1 Å². The largest absolute Gasteiger partial charge is 0.303 e. The van der Waals surface area contributed by atoms with Crippen LogP contribution in [0.5, 0.6) is 0 Å². The molecule has 16 heavy (non-hydrogen) atoms. The van der Waals surface area contributed by atoms with Crippen molar-refractivity contribution >= 4 is 6.29 Å². The molecule has 90 valence electrons. The molecule has 0 aromatic carbocycles. The van der Waals surface area contributed by atoms with Crippen LogP contribution in [0.15, 0.2) is 12.2 Å². The highest BCUT2D eigenvalue weighted by Gasteiger charge is 2.49. The molecule has 0 saturated heterocycles. The molecule has 2 aliphatic carbocycles. The molecule has 0 bridgehead atoms. The minimum Gasteiger partial charge on any atom is -0.303 e. The average Bonchev–Trinajstić information content (AvgIpc) is 2.22. The first kappa shape index (κ1) is 11.9. The molecule has 2 saturated carbocycles. The van der Waals surface area contributed by atoms with E-state index in [0.717, 1.165) is 31.1 Å². The Kier molecular flexibility index (Phi) is 2.76. The summed E-state index contributed by atoms with van der Waals surface area (Å²) in [7, 11) is 0. The molecule has 0 aromatic heterocycles. The Hall–Kier alpha value is -0.590. The second-order valence-electron chi connectivity index (χ2n) is 6.87. The van der Waals surface area contributed by atoms with E-state index in [-0.39, 0.29) is 5.41 Å². The van der Waals surface area contributed by atoms with Crippen LogP contribution in [0.3, 0.4) is 0 Å². The Balaban J connectivity index is 2.13. The van der Waals surface area contributed by atoms with Gasteiger partial charge in [-0.1, -0.05) is 32.9 Å². The van der Waals surface area contributed by atoms with Crippen LogP contribution in [0.1, 0.15) is 52.9 Å². The van der Waals surface area contributed by atoms with Crippen molar-refractivity contribution in [3.05, 3.63) is 12.2 Å². The first-order valence-electron chi connectivity index (χ1n) is 6.52. The summed E-state index contributed by atoms with van der Waals surface area (Å²) >= 11 is 0. The lowest BCUT2D eigenvalue weighted by Crippen LogP contribution is -2.46. The quantitative estimate of drug-likeness (QED) is 0.482. The van der Waals surface area contributed by atoms with Gasteiger partial charge in [-0.05, 0) is 49.4 Å². The Morgan fingerprint density at radius 2 is 2.00 bits per heavy atom. The van der Waals surface area contributed by atoms with E-state index >= 15 is 0 Å². The lowest BCUT2D eigenvalue weighted by atomic mass is 9.50. The Bertz CT molecular complexity index is 315. The lowest BCUT2D eigenvalue weighted by molar-refractivity contribution is -0.117. The van der Waals surface area contributed by atoms with Crippen molar-refractivity contribution < 1.29 is 4.79 Å². The number of allylic oxidation sites excluding steroid dienone is 1. The molecule has 2 fully saturated rings. The van der Waals surface area contributed by atoms with E-state index in [9.17, 15) is 4.79 Å². The predicted molar refractivity (Wildman–Crippen MR) is 67.2 cm³/mol. The summed E-state index contributed by atoms with van der Waals surface area (Å²) < 4.78 is 0. The smallest absolute Gasteiger partial charge is 0.125 e. The summed E-state index contributed by atoms with van der Waals surface area (Å²) in [5, 5.41) is 0. The third kappa shape index (κ3) is 1.85. The molecule has 0 aliphatic heterocycles. The third-order valence-electron chi connectivity index (χ3n) is 5.09. The predicted octanol–water partition coefficient (Wildman–Crippen LogP) is 3.98. The summed E-state index contributed by atoms with van der Waals surface area (Å²) in [5.41, 5.74) is 1.77. The van der Waals surface area contributed by atoms with Crippen LogP contribution in [-0.4, -0.2) is 6.29 Å². The van der Waals surface area contributed by atoms with E-state index in [1.165, 1.54) is 24.7 Å². The monoisotopic (exact) mass is 220 g/mol. The molecular weight excluding hydrogens is 196 g/mol. The molecule has 0 aromatic rings. The van der Waals surface area contributed by atoms with Gasteiger partial charge in [0.1, 0.15) is 6.29 Å². The summed E-state index contributed by atoms with van der Waals surface area (Å²) in [5.74, 6) is 1.51. The zero-order chi connectivity index (χ0) is 12.0. The van der Waals surface area contributed by atoms with Gasteiger partial charge in [0.25, 0.3) is 0 Å². The van der Waals surface area contributed by atoms with Gasteiger partial charge in [-0.2, -0.15) is 0 Å². The number of carbonyl (C=O) groups excluding carboxylic acids is 1. The molecule has 0 unspecified atom stereocenters. The summed E-state index contributed by atoms with van der Waals surface area (Å²) in [4.78, 5) is 11.2. The Morgan fingerprint density at radius 1 is 1.31 bits per heavy atom. The fourth-order valence-electron chi connectivity index (χ4n) is 3.62. The van der Waals surface area contributed by atoms with Gasteiger partial charge in [0.2, 0.25) is 0 Å². The van der Waals surface area contributed by atoms with Gasteiger partial charge in [0.15, 0.2) is 0 Å². The molecular formula is C15H24O. The fraction of sp³-hybridized carbons (Fsp3) is 0.800. The third-order valence-corrected chi connectivity index (χ3v) is 5.09. The van der Waals surface area contributed by atoms with E-state index in [0.29, 0.717) is 5.41 Å². The van der Waals surface area contributed by atoms with E-state index in [1.54, 1.807) is 0 Å². The highest BCUT2D eigenvalue weighted by molar-refractivity contribution is 5.58. The molecule has 2 rings (SSSR count). The van der Waals surface area contributed by atoms with Gasteiger partial charge in [0, 0.05) is 5.41 Å². The maximum Gasteiger partial charge on any atom is 0.125 e. The number of fused-ring (bicyclic) bond motifs is 1. The Morgan fingerprint density at radius 3 is 2.56 bits per heavy atom. The first-order chi connectivity index (χ1) is 7.38. The zero-order valence-corrected chi connectivity index (χ0v) is 10.9. The number of rotatable bonds is 1. The normalized spacial score (nSPS) is 42.6. The lowest BCUT2D eigenvalue weighted by Gasteiger charge is -2.54. The molecule has 0 N–H and O–H groups in total. The van der Waals surface area contributed by atoms with E-state index in [4.69, 9.17) is 0 Å². The van der Waals surface area contributed by atoms with Crippen molar-refractivity contribution in [1.29, 1.82) is 0 Å². The minimum atomic E-state index is -0.0976. The van der Waals surface area contributed by atoms with E-state index in [1.807, 2.05) is 0 Å². The van der Waals surface area contributed by atoms with Crippen molar-refractivity contribution in [2.24, 2.45) is 22.7 Å². The maximum absolute atomic E-state index is 11.2. The summed E-state index contributed by atoms with van der Waals surface area (Å²) in [6.45, 7) is 11.1. The fourth-order valence-corrected chi connectivity index (χ4v) is 3.62. The van der Waals surface area contributed by atoms with Gasteiger partial charge >= 0.3 is 0 Å². The minimum absolute atomic E-state index is 0.0976. The molecule has 0 amide bonds. The Labute approximate surface area is 99.3 Å². The van der Waals surface area contributed by atoms with Crippen molar-refractivity contribution in [2.75, 3.05) is 0 Å². The van der Waals surface area contributed by atoms with Crippen LogP contribution in [0.2, 0.25) is 0 Å². The standard InChI is InChI=1S/C15H24O/c1-11-5-7-15(4,10-16)8-6-13-12(11)9-14(13,2)3/h10,12-13H,1,5-9H2,2-4H3/t12-,13-,15-/m1/s1. The number of aldehydes is 1. The second-order valence-corrected chi connectivity index (χ2v) is 6.87. The second kappa shape index (κ2) is 3.72. The van der Waals surface area contributed by atoms with Gasteiger partial charge in [-0.3, -0.25) is 0 Å². The molecule has 1 heteroatoms. The first-order valence-corrected chi connectivity index (χ1v) is 6.52. The zero-order valence-electron chi connectivity index (χ0n) is 10.9. The van der Waals surface area contributed by atoms with Gasteiger partial charge in [0.05, 0.1) is 0 Å². The molecule has 0 radical (unpaired) electrons. The number of hydrogen-bond acceptors (Lipinski definition) is 1. The van der Waals surface area contributed by atoms with Crippen LogP contribution in [0.4, 0.5) is 0 Å². The van der Waals surface area contributed by atoms with Crippen LogP contribution in [-0.2, 0) is 4.79 Å². The molecule has 1 nitrogen and oxygen atoms in total. The van der Waals surface area contributed by atoms with Crippen LogP contribution >= 0.6 is 0 Å². The highest BCUT2D eigenvalue weighted by atomic mass is 16.1. The summed E-state index contributed by atoms with van der Waals surface area (Å²) in [6, 6.07) is 0. The van der Waals surface area contributed by atoms with Crippen molar-refractivity contribution in [3.8, 4) is 0 Å². The van der Waals surface area contributed by atoms with Crippen molar-refractivity contribution in [3.63, 3.8) is 0 Å². The number of hydrogen-bond donors (Lipinski definition) is 0. The molecule has 3 atom stereocenters. The molecule has 2 aliphatic rings. The van der Waals surface area contributed by atoms with E-state index < -0.39 is 0 Å². The summed E-state index contributed by atoms with van der Waals surface area (Å²) in [6.07, 6.45) is 6.78. The van der Waals surface area contributed by atoms with Crippen LogP contribution in [0.25, 0.3) is 0 Å². The molecule has 0 spiro atoms.